The van der Waals surface area contributed by atoms with Crippen LogP contribution >= 0.6 is 0 Å². The second-order valence-electron chi connectivity index (χ2n) is 5.78. The Morgan fingerprint density at radius 3 is 2.88 bits per heavy atom. The van der Waals surface area contributed by atoms with E-state index in [0.29, 0.717) is 30.3 Å². The maximum Gasteiger partial charge on any atom is 0.266 e. The van der Waals surface area contributed by atoms with Crippen molar-refractivity contribution >= 4 is 15.7 Å². The lowest BCUT2D eigenvalue weighted by molar-refractivity contribution is -0.131. The normalized spacial score (nSPS) is 19.3. The van der Waals surface area contributed by atoms with Crippen LogP contribution < -0.4 is 0 Å². The van der Waals surface area contributed by atoms with E-state index < -0.39 is 9.84 Å². The topological polar surface area (TPSA) is 106 Å². The van der Waals surface area contributed by atoms with Crippen molar-refractivity contribution in [2.75, 3.05) is 18.6 Å². The van der Waals surface area contributed by atoms with Gasteiger partial charge >= 0.3 is 0 Å². The lowest BCUT2D eigenvalue weighted by atomic mass is 10.2. The second-order valence-corrected chi connectivity index (χ2v) is 8.01. The van der Waals surface area contributed by atoms with Gasteiger partial charge in [-0.05, 0) is 18.6 Å². The molecule has 0 saturated carbocycles. The number of carbonyl (C=O) groups excluding carboxylic acids is 1. The predicted molar refractivity (Wildman–Crippen MR) is 85.7 cm³/mol. The first kappa shape index (κ1) is 16.6. The van der Waals surface area contributed by atoms with E-state index in [1.54, 1.807) is 25.4 Å². The average molecular weight is 350 g/mol. The van der Waals surface area contributed by atoms with Gasteiger partial charge in [0.2, 0.25) is 11.8 Å². The molecule has 1 saturated heterocycles. The third-order valence-corrected chi connectivity index (χ3v) is 5.80. The highest BCUT2D eigenvalue weighted by atomic mass is 32.2. The molecule has 1 unspecified atom stereocenters. The molecule has 3 heterocycles. The number of hydrogen-bond acceptors (Lipinski definition) is 7. The van der Waals surface area contributed by atoms with Gasteiger partial charge < -0.3 is 9.32 Å². The molecule has 9 heteroatoms. The van der Waals surface area contributed by atoms with E-state index in [0.717, 1.165) is 0 Å². The summed E-state index contributed by atoms with van der Waals surface area (Å²) in [5.74, 6) is 0.728. The fourth-order valence-corrected chi connectivity index (χ4v) is 4.40. The molecule has 2 aromatic rings. The summed E-state index contributed by atoms with van der Waals surface area (Å²) in [4.78, 5) is 17.9. The van der Waals surface area contributed by atoms with Crippen LogP contribution in [-0.4, -0.2) is 59.0 Å². The van der Waals surface area contributed by atoms with Crippen molar-refractivity contribution in [3.05, 3.63) is 30.3 Å². The molecule has 1 fully saturated rings. The van der Waals surface area contributed by atoms with Crippen LogP contribution in [0.4, 0.5) is 0 Å². The number of aromatic nitrogens is 3. The second kappa shape index (κ2) is 6.68. The van der Waals surface area contributed by atoms with Crippen LogP contribution in [0, 0.1) is 0 Å². The molecule has 1 aliphatic heterocycles. The summed E-state index contributed by atoms with van der Waals surface area (Å²) >= 11 is 0. The summed E-state index contributed by atoms with van der Waals surface area (Å²) < 4.78 is 28.5. The standard InChI is InChI=1S/C15H18N4O4S/c1-19(11-7-9-24(21,22)10-11)14(20)6-5-13-17-18-15(23-13)12-4-2-3-8-16-12/h2-4,8,11H,5-7,9-10H2,1H3. The van der Waals surface area contributed by atoms with E-state index in [1.165, 1.54) is 4.90 Å². The summed E-state index contributed by atoms with van der Waals surface area (Å²) in [6.45, 7) is 0. The van der Waals surface area contributed by atoms with E-state index in [1.807, 2.05) is 6.07 Å². The zero-order valence-electron chi connectivity index (χ0n) is 13.3. The summed E-state index contributed by atoms with van der Waals surface area (Å²) in [5.41, 5.74) is 0.579. The minimum absolute atomic E-state index is 0.0413. The lowest BCUT2D eigenvalue weighted by Gasteiger charge is -2.23. The van der Waals surface area contributed by atoms with Gasteiger partial charge in [-0.15, -0.1) is 10.2 Å². The van der Waals surface area contributed by atoms with Gasteiger partial charge in [-0.3, -0.25) is 9.78 Å². The maximum absolute atomic E-state index is 12.2. The Morgan fingerprint density at radius 2 is 2.21 bits per heavy atom. The zero-order valence-corrected chi connectivity index (χ0v) is 14.1. The van der Waals surface area contributed by atoms with Crippen molar-refractivity contribution in [1.82, 2.24) is 20.1 Å². The predicted octanol–water partition coefficient (Wildman–Crippen LogP) is 0.710. The molecule has 3 rings (SSSR count). The van der Waals surface area contributed by atoms with Gasteiger partial charge in [-0.1, -0.05) is 6.07 Å². The lowest BCUT2D eigenvalue weighted by Crippen LogP contribution is -2.37. The van der Waals surface area contributed by atoms with Crippen LogP contribution in [0.25, 0.3) is 11.6 Å². The number of amides is 1. The summed E-state index contributed by atoms with van der Waals surface area (Å²) in [7, 11) is -1.37. The Labute approximate surface area is 139 Å². The Kier molecular flexibility index (Phi) is 4.61. The number of hydrogen-bond donors (Lipinski definition) is 0. The molecular formula is C15H18N4O4S. The Balaban J connectivity index is 1.56. The maximum atomic E-state index is 12.2. The highest BCUT2D eigenvalue weighted by Gasteiger charge is 2.32. The van der Waals surface area contributed by atoms with Crippen molar-refractivity contribution < 1.29 is 17.6 Å². The smallest absolute Gasteiger partial charge is 0.266 e. The summed E-state index contributed by atoms with van der Waals surface area (Å²) in [5, 5.41) is 7.84. The molecule has 1 amide bonds. The molecule has 128 valence electrons. The molecule has 0 aromatic carbocycles. The first-order valence-electron chi connectivity index (χ1n) is 7.64. The molecular weight excluding hydrogens is 332 g/mol. The van der Waals surface area contributed by atoms with Crippen molar-refractivity contribution in [3.8, 4) is 11.6 Å². The van der Waals surface area contributed by atoms with Crippen molar-refractivity contribution in [2.45, 2.75) is 25.3 Å². The molecule has 0 bridgehead atoms. The van der Waals surface area contributed by atoms with Gasteiger partial charge in [0.15, 0.2) is 9.84 Å². The van der Waals surface area contributed by atoms with E-state index in [9.17, 15) is 13.2 Å². The highest BCUT2D eigenvalue weighted by Crippen LogP contribution is 2.18. The van der Waals surface area contributed by atoms with Gasteiger partial charge in [0.1, 0.15) is 5.69 Å². The van der Waals surface area contributed by atoms with E-state index in [-0.39, 0.29) is 29.9 Å². The van der Waals surface area contributed by atoms with Crippen LogP contribution in [0.15, 0.2) is 28.8 Å². The zero-order chi connectivity index (χ0) is 17.2. The van der Waals surface area contributed by atoms with Crippen molar-refractivity contribution in [2.24, 2.45) is 0 Å². The summed E-state index contributed by atoms with van der Waals surface area (Å²) in [6, 6.07) is 5.13. The van der Waals surface area contributed by atoms with E-state index >= 15 is 0 Å². The molecule has 2 aromatic heterocycles. The first-order chi connectivity index (χ1) is 11.4. The van der Waals surface area contributed by atoms with Gasteiger partial charge in [0.05, 0.1) is 11.5 Å². The number of pyridine rings is 1. The van der Waals surface area contributed by atoms with E-state index in [4.69, 9.17) is 4.42 Å². The van der Waals surface area contributed by atoms with Crippen LogP contribution in [0.2, 0.25) is 0 Å². The molecule has 0 spiro atoms. The number of aryl methyl sites for hydroxylation is 1. The summed E-state index contributed by atoms with van der Waals surface area (Å²) in [6.07, 6.45) is 2.63. The van der Waals surface area contributed by atoms with Crippen molar-refractivity contribution in [1.29, 1.82) is 0 Å². The van der Waals surface area contributed by atoms with Gasteiger partial charge in [-0.2, -0.15) is 0 Å². The van der Waals surface area contributed by atoms with Crippen LogP contribution in [0.5, 0.6) is 0 Å². The number of sulfone groups is 1. The Hall–Kier alpha value is -2.29. The van der Waals surface area contributed by atoms with Gasteiger partial charge in [0, 0.05) is 32.1 Å². The number of nitrogens with zero attached hydrogens (tertiary/aromatic N) is 4. The first-order valence-corrected chi connectivity index (χ1v) is 9.46. The number of rotatable bonds is 5. The monoisotopic (exact) mass is 350 g/mol. The Bertz CT molecular complexity index is 819. The largest absolute Gasteiger partial charge is 0.419 e. The molecule has 24 heavy (non-hydrogen) atoms. The molecule has 1 atom stereocenters. The third-order valence-electron chi connectivity index (χ3n) is 4.05. The third kappa shape index (κ3) is 3.78. The van der Waals surface area contributed by atoms with Crippen LogP contribution in [-0.2, 0) is 21.1 Å². The highest BCUT2D eigenvalue weighted by molar-refractivity contribution is 7.91. The van der Waals surface area contributed by atoms with Gasteiger partial charge in [0.25, 0.3) is 5.89 Å². The van der Waals surface area contributed by atoms with Crippen molar-refractivity contribution in [3.63, 3.8) is 0 Å². The number of carbonyl (C=O) groups is 1. The SMILES string of the molecule is CN(C(=O)CCc1nnc(-c2ccccn2)o1)C1CCS(=O)(=O)C1. The molecule has 0 N–H and O–H groups in total. The molecule has 8 nitrogen and oxygen atoms in total. The minimum atomic E-state index is -3.01. The molecule has 0 radical (unpaired) electrons. The Morgan fingerprint density at radius 1 is 1.38 bits per heavy atom. The van der Waals surface area contributed by atoms with Crippen LogP contribution in [0.1, 0.15) is 18.7 Å². The average Bonchev–Trinajstić information content (AvgIpc) is 3.19. The quantitative estimate of drug-likeness (QED) is 0.781. The van der Waals surface area contributed by atoms with E-state index in [2.05, 4.69) is 15.2 Å². The molecule has 0 aliphatic carbocycles. The molecule has 1 aliphatic rings. The fraction of sp³-hybridized carbons (Fsp3) is 0.467. The minimum Gasteiger partial charge on any atom is -0.419 e. The van der Waals surface area contributed by atoms with Gasteiger partial charge in [-0.25, -0.2) is 8.42 Å². The van der Waals surface area contributed by atoms with Crippen LogP contribution in [0.3, 0.4) is 0 Å². The fourth-order valence-electron chi connectivity index (χ4n) is 2.62.